The zero-order chi connectivity index (χ0) is 14.8. The van der Waals surface area contributed by atoms with E-state index in [-0.39, 0.29) is 17.7 Å². The first-order valence-electron chi connectivity index (χ1n) is 7.12. The van der Waals surface area contributed by atoms with Crippen molar-refractivity contribution in [1.82, 2.24) is 14.5 Å². The number of hydrogen-bond acceptors (Lipinski definition) is 5. The molecule has 0 bridgehead atoms. The van der Waals surface area contributed by atoms with Gasteiger partial charge in [0.2, 0.25) is 15.9 Å². The van der Waals surface area contributed by atoms with Gasteiger partial charge in [-0.3, -0.25) is 4.79 Å². The van der Waals surface area contributed by atoms with E-state index < -0.39 is 16.1 Å². The van der Waals surface area contributed by atoms with E-state index in [4.69, 9.17) is 0 Å². The predicted molar refractivity (Wildman–Crippen MR) is 74.6 cm³/mol. The molecule has 8 heteroatoms. The van der Waals surface area contributed by atoms with Crippen LogP contribution in [0, 0.1) is 0 Å². The Kier molecular flexibility index (Phi) is 5.00. The molecule has 2 aliphatic heterocycles. The standard InChI is InChI=1S/C12H23N3O4S/c1-2-7-20(18,19)15-5-3-14(4-6-15)12(17)11-8-10(16)9-13-11/h10-11,13,16H,2-9H2,1H3. The second-order valence-electron chi connectivity index (χ2n) is 5.39. The van der Waals surface area contributed by atoms with Gasteiger partial charge in [0.15, 0.2) is 0 Å². The first-order chi connectivity index (χ1) is 9.44. The van der Waals surface area contributed by atoms with Gasteiger partial charge in [-0.05, 0) is 12.8 Å². The van der Waals surface area contributed by atoms with Crippen LogP contribution in [0.5, 0.6) is 0 Å². The number of hydrogen-bond donors (Lipinski definition) is 2. The number of piperazine rings is 1. The summed E-state index contributed by atoms with van der Waals surface area (Å²) >= 11 is 0. The molecule has 0 aromatic rings. The van der Waals surface area contributed by atoms with Crippen LogP contribution in [0.25, 0.3) is 0 Å². The molecule has 0 radical (unpaired) electrons. The Morgan fingerprint density at radius 2 is 1.95 bits per heavy atom. The summed E-state index contributed by atoms with van der Waals surface area (Å²) < 4.78 is 25.3. The summed E-state index contributed by atoms with van der Waals surface area (Å²) in [4.78, 5) is 13.9. The molecule has 0 aromatic heterocycles. The maximum Gasteiger partial charge on any atom is 0.239 e. The number of sulfonamides is 1. The Labute approximate surface area is 120 Å². The van der Waals surface area contributed by atoms with E-state index in [9.17, 15) is 18.3 Å². The van der Waals surface area contributed by atoms with Crippen LogP contribution in [0.4, 0.5) is 0 Å². The van der Waals surface area contributed by atoms with Crippen LogP contribution < -0.4 is 5.32 Å². The highest BCUT2D eigenvalue weighted by molar-refractivity contribution is 7.89. The smallest absolute Gasteiger partial charge is 0.239 e. The van der Waals surface area contributed by atoms with E-state index >= 15 is 0 Å². The van der Waals surface area contributed by atoms with Gasteiger partial charge in [-0.1, -0.05) is 6.92 Å². The number of aliphatic hydroxyl groups is 1. The van der Waals surface area contributed by atoms with E-state index in [2.05, 4.69) is 5.32 Å². The van der Waals surface area contributed by atoms with Gasteiger partial charge in [-0.15, -0.1) is 0 Å². The highest BCUT2D eigenvalue weighted by Gasteiger charge is 2.34. The highest BCUT2D eigenvalue weighted by Crippen LogP contribution is 2.13. The number of nitrogens with one attached hydrogen (secondary N) is 1. The average Bonchev–Trinajstić information content (AvgIpc) is 2.85. The molecule has 2 N–H and O–H groups in total. The lowest BCUT2D eigenvalue weighted by Gasteiger charge is -2.35. The maximum absolute atomic E-state index is 12.2. The lowest BCUT2D eigenvalue weighted by molar-refractivity contribution is -0.134. The van der Waals surface area contributed by atoms with Gasteiger partial charge in [0.25, 0.3) is 0 Å². The molecule has 0 saturated carbocycles. The number of carbonyl (C=O) groups is 1. The summed E-state index contributed by atoms with van der Waals surface area (Å²) in [5.74, 6) is 0.131. The van der Waals surface area contributed by atoms with Crippen molar-refractivity contribution in [1.29, 1.82) is 0 Å². The minimum Gasteiger partial charge on any atom is -0.392 e. The quantitative estimate of drug-likeness (QED) is 0.666. The topological polar surface area (TPSA) is 90.0 Å². The van der Waals surface area contributed by atoms with Gasteiger partial charge in [-0.25, -0.2) is 8.42 Å². The van der Waals surface area contributed by atoms with Crippen molar-refractivity contribution in [3.63, 3.8) is 0 Å². The Morgan fingerprint density at radius 1 is 1.30 bits per heavy atom. The summed E-state index contributed by atoms with van der Waals surface area (Å²) in [6.45, 7) is 3.87. The van der Waals surface area contributed by atoms with Gasteiger partial charge in [0.1, 0.15) is 0 Å². The molecule has 2 saturated heterocycles. The Hall–Kier alpha value is -0.700. The Balaban J connectivity index is 1.86. The summed E-state index contributed by atoms with van der Waals surface area (Å²) in [6, 6.07) is -0.330. The van der Waals surface area contributed by atoms with Crippen molar-refractivity contribution in [3.8, 4) is 0 Å². The number of amides is 1. The van der Waals surface area contributed by atoms with Crippen LogP contribution in [0.15, 0.2) is 0 Å². The highest BCUT2D eigenvalue weighted by atomic mass is 32.2. The molecule has 0 aromatic carbocycles. The normalized spacial score (nSPS) is 28.8. The van der Waals surface area contributed by atoms with Crippen LogP contribution in [0.1, 0.15) is 19.8 Å². The SMILES string of the molecule is CCCS(=O)(=O)N1CCN(C(=O)C2CC(O)CN2)CC1. The molecule has 2 aliphatic rings. The van der Waals surface area contributed by atoms with Crippen molar-refractivity contribution in [2.75, 3.05) is 38.5 Å². The first-order valence-corrected chi connectivity index (χ1v) is 8.73. The molecule has 1 amide bonds. The summed E-state index contributed by atoms with van der Waals surface area (Å²) in [5.41, 5.74) is 0. The Bertz CT molecular complexity index is 446. The molecule has 2 unspecified atom stereocenters. The van der Waals surface area contributed by atoms with Crippen LogP contribution in [0.2, 0.25) is 0 Å². The first kappa shape index (κ1) is 15.7. The zero-order valence-corrected chi connectivity index (χ0v) is 12.6. The molecule has 7 nitrogen and oxygen atoms in total. The van der Waals surface area contributed by atoms with Crippen molar-refractivity contribution < 1.29 is 18.3 Å². The lowest BCUT2D eigenvalue weighted by atomic mass is 10.1. The number of nitrogens with zero attached hydrogens (tertiary/aromatic N) is 2. The van der Waals surface area contributed by atoms with E-state index in [1.807, 2.05) is 6.92 Å². The third kappa shape index (κ3) is 3.49. The van der Waals surface area contributed by atoms with Crippen LogP contribution in [-0.4, -0.2) is 79.3 Å². The Morgan fingerprint density at radius 3 is 2.45 bits per heavy atom. The van der Waals surface area contributed by atoms with Gasteiger partial charge in [-0.2, -0.15) is 4.31 Å². The molecule has 2 atom stereocenters. The number of aliphatic hydroxyl groups excluding tert-OH is 1. The molecule has 2 heterocycles. The summed E-state index contributed by atoms with van der Waals surface area (Å²) in [6.07, 6.45) is 0.577. The zero-order valence-electron chi connectivity index (χ0n) is 11.8. The van der Waals surface area contributed by atoms with E-state index in [0.29, 0.717) is 45.6 Å². The largest absolute Gasteiger partial charge is 0.392 e. The van der Waals surface area contributed by atoms with Gasteiger partial charge < -0.3 is 15.3 Å². The molecule has 0 spiro atoms. The van der Waals surface area contributed by atoms with E-state index in [1.54, 1.807) is 4.90 Å². The van der Waals surface area contributed by atoms with Crippen molar-refractivity contribution in [2.45, 2.75) is 31.9 Å². The summed E-state index contributed by atoms with van der Waals surface area (Å²) in [7, 11) is -3.17. The molecule has 2 rings (SSSR count). The fraction of sp³-hybridized carbons (Fsp3) is 0.917. The summed E-state index contributed by atoms with van der Waals surface area (Å²) in [5, 5.41) is 12.4. The minimum atomic E-state index is -3.17. The van der Waals surface area contributed by atoms with E-state index in [0.717, 1.165) is 0 Å². The van der Waals surface area contributed by atoms with E-state index in [1.165, 1.54) is 4.31 Å². The van der Waals surface area contributed by atoms with Gasteiger partial charge in [0.05, 0.1) is 17.9 Å². The number of carbonyl (C=O) groups excluding carboxylic acids is 1. The van der Waals surface area contributed by atoms with Crippen molar-refractivity contribution in [2.24, 2.45) is 0 Å². The van der Waals surface area contributed by atoms with Crippen LogP contribution in [0.3, 0.4) is 0 Å². The fourth-order valence-corrected chi connectivity index (χ4v) is 4.19. The minimum absolute atomic E-state index is 0.0333. The molecule has 2 fully saturated rings. The number of β-amino-alcohol motifs (C(OH)–C–C–N with tert-alkyl or cyclic N) is 1. The second-order valence-corrected chi connectivity index (χ2v) is 7.48. The van der Waals surface area contributed by atoms with Crippen molar-refractivity contribution >= 4 is 15.9 Å². The van der Waals surface area contributed by atoms with Gasteiger partial charge in [0, 0.05) is 32.7 Å². The third-order valence-corrected chi connectivity index (χ3v) is 5.89. The van der Waals surface area contributed by atoms with Crippen LogP contribution >= 0.6 is 0 Å². The molecular weight excluding hydrogens is 282 g/mol. The maximum atomic E-state index is 12.2. The molecule has 0 aliphatic carbocycles. The van der Waals surface area contributed by atoms with Crippen LogP contribution in [-0.2, 0) is 14.8 Å². The second kappa shape index (κ2) is 6.38. The molecule has 20 heavy (non-hydrogen) atoms. The monoisotopic (exact) mass is 305 g/mol. The lowest BCUT2D eigenvalue weighted by Crippen LogP contribution is -2.54. The molecular formula is C12H23N3O4S. The van der Waals surface area contributed by atoms with Crippen molar-refractivity contribution in [3.05, 3.63) is 0 Å². The average molecular weight is 305 g/mol. The third-order valence-electron chi connectivity index (χ3n) is 3.81. The fourth-order valence-electron chi connectivity index (χ4n) is 2.70. The van der Waals surface area contributed by atoms with Gasteiger partial charge >= 0.3 is 0 Å². The molecule has 116 valence electrons. The predicted octanol–water partition coefficient (Wildman–Crippen LogP) is -1.41. The number of rotatable bonds is 4.